The zero-order chi connectivity index (χ0) is 12.7. The van der Waals surface area contributed by atoms with Crippen LogP contribution in [0.3, 0.4) is 0 Å². The number of hydrogen-bond acceptors (Lipinski definition) is 3. The number of benzene rings is 1. The van der Waals surface area contributed by atoms with E-state index in [0.29, 0.717) is 17.6 Å². The van der Waals surface area contributed by atoms with Crippen LogP contribution in [0.25, 0.3) is 0 Å². The smallest absolute Gasteiger partial charge is 0.269 e. The average Bonchev–Trinajstić information content (AvgIpc) is 2.39. The third-order valence-corrected chi connectivity index (χ3v) is 3.97. The molecule has 5 heteroatoms. The topological polar surface area (TPSA) is 63.4 Å². The van der Waals surface area contributed by atoms with Crippen LogP contribution >= 0.6 is 0 Å². The first-order valence-corrected chi connectivity index (χ1v) is 6.24. The highest BCUT2D eigenvalue weighted by Crippen LogP contribution is 2.39. The van der Waals surface area contributed by atoms with Crippen molar-refractivity contribution in [2.75, 3.05) is 0 Å². The van der Waals surface area contributed by atoms with Gasteiger partial charge in [-0.2, -0.15) is 0 Å². The van der Waals surface area contributed by atoms with E-state index in [4.69, 9.17) is 0 Å². The first kappa shape index (κ1) is 11.2. The lowest BCUT2D eigenvalue weighted by molar-refractivity contribution is -0.384. The summed E-state index contributed by atoms with van der Waals surface area (Å²) in [4.78, 5) is 24.3. The molecular weight excluding hydrogens is 232 g/mol. The van der Waals surface area contributed by atoms with Crippen molar-refractivity contribution >= 4 is 11.6 Å². The summed E-state index contributed by atoms with van der Waals surface area (Å²) >= 11 is 0. The van der Waals surface area contributed by atoms with Crippen molar-refractivity contribution in [1.29, 1.82) is 0 Å². The molecule has 18 heavy (non-hydrogen) atoms. The number of piperidine rings is 1. The van der Waals surface area contributed by atoms with Gasteiger partial charge in [0.15, 0.2) is 0 Å². The molecule has 1 amide bonds. The van der Waals surface area contributed by atoms with E-state index < -0.39 is 4.92 Å². The van der Waals surface area contributed by atoms with Crippen LogP contribution < -0.4 is 0 Å². The summed E-state index contributed by atoms with van der Waals surface area (Å²) in [6, 6.07) is 6.67. The van der Waals surface area contributed by atoms with Crippen molar-refractivity contribution in [3.05, 3.63) is 39.9 Å². The minimum Gasteiger partial charge on any atom is -0.333 e. The van der Waals surface area contributed by atoms with Gasteiger partial charge in [-0.05, 0) is 37.8 Å². The Balaban J connectivity index is 1.78. The van der Waals surface area contributed by atoms with Crippen LogP contribution in [0.5, 0.6) is 0 Å². The molecule has 0 N–H and O–H groups in total. The Bertz CT molecular complexity index is 483. The van der Waals surface area contributed by atoms with Gasteiger partial charge in [0.2, 0.25) is 0 Å². The van der Waals surface area contributed by atoms with E-state index in [1.807, 2.05) is 4.90 Å². The van der Waals surface area contributed by atoms with Crippen molar-refractivity contribution in [2.24, 2.45) is 0 Å². The summed E-state index contributed by atoms with van der Waals surface area (Å²) in [7, 11) is 0. The molecule has 0 saturated carbocycles. The number of nitro benzene ring substituents is 1. The lowest BCUT2D eigenvalue weighted by Crippen LogP contribution is -2.60. The van der Waals surface area contributed by atoms with E-state index >= 15 is 0 Å². The standard InChI is InChI=1S/C13H14N2O3/c16-13(14-11-2-1-3-12(14)8-11)9-4-6-10(7-5-9)15(17)18/h4-7,11-12H,1-3,8H2. The minimum absolute atomic E-state index is 0.0193. The summed E-state index contributed by atoms with van der Waals surface area (Å²) in [6.45, 7) is 0. The lowest BCUT2D eigenvalue weighted by Gasteiger charge is -2.53. The Morgan fingerprint density at radius 1 is 1.22 bits per heavy atom. The van der Waals surface area contributed by atoms with Gasteiger partial charge in [0, 0.05) is 29.8 Å². The number of fused-ring (bicyclic) bond motifs is 2. The number of amides is 1. The molecule has 1 aromatic rings. The number of nitro groups is 1. The molecule has 0 radical (unpaired) electrons. The number of non-ortho nitro benzene ring substituents is 1. The summed E-state index contributed by atoms with van der Waals surface area (Å²) in [6.07, 6.45) is 4.52. The summed E-state index contributed by atoms with van der Waals surface area (Å²) in [5, 5.41) is 10.6. The van der Waals surface area contributed by atoms with Crippen molar-refractivity contribution in [3.63, 3.8) is 0 Å². The average molecular weight is 246 g/mol. The third-order valence-electron chi connectivity index (χ3n) is 3.97. The molecular formula is C13H14N2O3. The second-order valence-corrected chi connectivity index (χ2v) is 4.99. The zero-order valence-corrected chi connectivity index (χ0v) is 9.91. The summed E-state index contributed by atoms with van der Waals surface area (Å²) < 4.78 is 0. The van der Waals surface area contributed by atoms with E-state index in [9.17, 15) is 14.9 Å². The monoisotopic (exact) mass is 246 g/mol. The molecule has 2 bridgehead atoms. The minimum atomic E-state index is -0.452. The number of nitrogens with zero attached hydrogens (tertiary/aromatic N) is 2. The molecule has 2 saturated heterocycles. The van der Waals surface area contributed by atoms with Crippen molar-refractivity contribution in [1.82, 2.24) is 4.90 Å². The van der Waals surface area contributed by atoms with E-state index in [2.05, 4.69) is 0 Å². The zero-order valence-electron chi connectivity index (χ0n) is 9.91. The van der Waals surface area contributed by atoms with E-state index in [-0.39, 0.29) is 11.6 Å². The summed E-state index contributed by atoms with van der Waals surface area (Å²) in [5.74, 6) is 0.0193. The largest absolute Gasteiger partial charge is 0.333 e. The Morgan fingerprint density at radius 3 is 2.33 bits per heavy atom. The van der Waals surface area contributed by atoms with E-state index in [1.54, 1.807) is 12.1 Å². The number of carbonyl (C=O) groups is 1. The first-order chi connectivity index (χ1) is 8.66. The van der Waals surface area contributed by atoms with Gasteiger partial charge in [0.25, 0.3) is 11.6 Å². The van der Waals surface area contributed by atoms with Crippen molar-refractivity contribution in [3.8, 4) is 0 Å². The predicted octanol–water partition coefficient (Wildman–Crippen LogP) is 2.36. The second kappa shape index (κ2) is 4.08. The molecule has 5 nitrogen and oxygen atoms in total. The highest BCUT2D eigenvalue weighted by molar-refractivity contribution is 5.95. The van der Waals surface area contributed by atoms with Crippen LogP contribution in [0, 0.1) is 10.1 Å². The maximum Gasteiger partial charge on any atom is 0.269 e. The molecule has 2 heterocycles. The molecule has 2 atom stereocenters. The first-order valence-electron chi connectivity index (χ1n) is 6.24. The molecule has 2 fully saturated rings. The fraction of sp³-hybridized carbons (Fsp3) is 0.462. The molecule has 1 aromatic carbocycles. The maximum atomic E-state index is 12.3. The Labute approximate surface area is 105 Å². The van der Waals surface area contributed by atoms with Gasteiger partial charge in [-0.3, -0.25) is 14.9 Å². The molecule has 2 aliphatic heterocycles. The lowest BCUT2D eigenvalue weighted by atomic mass is 9.79. The van der Waals surface area contributed by atoms with Crippen LogP contribution in [0.15, 0.2) is 24.3 Å². The Kier molecular flexibility index (Phi) is 2.54. The van der Waals surface area contributed by atoms with Crippen LogP contribution in [-0.4, -0.2) is 27.8 Å². The fourth-order valence-electron chi connectivity index (χ4n) is 3.01. The Morgan fingerprint density at radius 2 is 1.83 bits per heavy atom. The van der Waals surface area contributed by atoms with Crippen LogP contribution in [-0.2, 0) is 0 Å². The molecule has 2 unspecified atom stereocenters. The van der Waals surface area contributed by atoms with Gasteiger partial charge in [-0.25, -0.2) is 0 Å². The molecule has 94 valence electrons. The van der Waals surface area contributed by atoms with E-state index in [0.717, 1.165) is 19.3 Å². The van der Waals surface area contributed by atoms with Crippen LogP contribution in [0.2, 0.25) is 0 Å². The van der Waals surface area contributed by atoms with Crippen molar-refractivity contribution < 1.29 is 9.72 Å². The third kappa shape index (κ3) is 1.66. The van der Waals surface area contributed by atoms with Gasteiger partial charge < -0.3 is 4.90 Å². The molecule has 2 aliphatic rings. The molecule has 0 spiro atoms. The van der Waals surface area contributed by atoms with Gasteiger partial charge in [-0.15, -0.1) is 0 Å². The van der Waals surface area contributed by atoms with Crippen LogP contribution in [0.4, 0.5) is 5.69 Å². The summed E-state index contributed by atoms with van der Waals surface area (Å²) in [5.41, 5.74) is 0.576. The van der Waals surface area contributed by atoms with Gasteiger partial charge >= 0.3 is 0 Å². The SMILES string of the molecule is O=C(c1ccc([N+](=O)[O-])cc1)N1C2CCCC1C2. The molecule has 0 aliphatic carbocycles. The molecule has 0 aromatic heterocycles. The quantitative estimate of drug-likeness (QED) is 0.594. The van der Waals surface area contributed by atoms with Gasteiger partial charge in [0.05, 0.1) is 4.92 Å². The second-order valence-electron chi connectivity index (χ2n) is 4.99. The van der Waals surface area contributed by atoms with Crippen LogP contribution in [0.1, 0.15) is 36.0 Å². The van der Waals surface area contributed by atoms with Gasteiger partial charge in [0.1, 0.15) is 0 Å². The highest BCUT2D eigenvalue weighted by atomic mass is 16.6. The van der Waals surface area contributed by atoms with Gasteiger partial charge in [-0.1, -0.05) is 0 Å². The van der Waals surface area contributed by atoms with E-state index in [1.165, 1.54) is 18.6 Å². The predicted molar refractivity (Wildman–Crippen MR) is 65.3 cm³/mol. The fourth-order valence-corrected chi connectivity index (χ4v) is 3.01. The highest BCUT2D eigenvalue weighted by Gasteiger charge is 2.44. The number of hydrogen-bond donors (Lipinski definition) is 0. The normalized spacial score (nSPS) is 25.4. The number of carbonyl (C=O) groups excluding carboxylic acids is 1. The Hall–Kier alpha value is -1.91. The molecule has 3 rings (SSSR count). The number of rotatable bonds is 2. The maximum absolute atomic E-state index is 12.3. The van der Waals surface area contributed by atoms with Crippen molar-refractivity contribution in [2.45, 2.75) is 37.8 Å².